The van der Waals surface area contributed by atoms with Gasteiger partial charge in [0.05, 0.1) is 25.3 Å². The van der Waals surface area contributed by atoms with Gasteiger partial charge in [-0.25, -0.2) is 4.68 Å². The average Bonchev–Trinajstić information content (AvgIpc) is 2.88. The Labute approximate surface area is 119 Å². The summed E-state index contributed by atoms with van der Waals surface area (Å²) in [5.41, 5.74) is 0. The molecule has 6 heteroatoms. The number of hydrogen-bond donors (Lipinski definition) is 2. The van der Waals surface area contributed by atoms with E-state index >= 15 is 0 Å². The molecule has 0 radical (unpaired) electrons. The number of carbonyl (C=O) groups is 1. The molecule has 0 spiro atoms. The summed E-state index contributed by atoms with van der Waals surface area (Å²) in [5, 5.41) is 10.4. The third kappa shape index (κ3) is 4.31. The molecule has 6 nitrogen and oxygen atoms in total. The molecule has 1 amide bonds. The molecule has 0 aromatic carbocycles. The molecule has 0 unspecified atom stereocenters. The van der Waals surface area contributed by atoms with Crippen LogP contribution in [0.4, 0.5) is 5.82 Å². The van der Waals surface area contributed by atoms with E-state index in [1.807, 2.05) is 19.9 Å². The number of piperidine rings is 1. The normalized spacial score (nSPS) is 16.6. The van der Waals surface area contributed by atoms with Crippen LogP contribution in [0.2, 0.25) is 0 Å². The molecule has 2 N–H and O–H groups in total. The summed E-state index contributed by atoms with van der Waals surface area (Å²) in [6.45, 7) is 6.55. The van der Waals surface area contributed by atoms with E-state index in [0.29, 0.717) is 19.1 Å². The van der Waals surface area contributed by atoms with Gasteiger partial charge in [0.15, 0.2) is 0 Å². The maximum atomic E-state index is 11.9. The fourth-order valence-electron chi connectivity index (χ4n) is 2.31. The van der Waals surface area contributed by atoms with Gasteiger partial charge < -0.3 is 15.4 Å². The summed E-state index contributed by atoms with van der Waals surface area (Å²) in [4.78, 5) is 11.9. The number of anilines is 1. The SMILES string of the molecule is CC(C)n1nccc1NC(=O)CCOC1CCNCC1. The lowest BCUT2D eigenvalue weighted by atomic mass is 10.1. The summed E-state index contributed by atoms with van der Waals surface area (Å²) in [6.07, 6.45) is 4.43. The Morgan fingerprint density at radius 2 is 2.30 bits per heavy atom. The van der Waals surface area contributed by atoms with Gasteiger partial charge in [-0.15, -0.1) is 0 Å². The Balaban J connectivity index is 1.71. The van der Waals surface area contributed by atoms with Crippen LogP contribution in [0, 0.1) is 0 Å². The van der Waals surface area contributed by atoms with Crippen LogP contribution in [-0.2, 0) is 9.53 Å². The predicted octanol–water partition coefficient (Wildman–Crippen LogP) is 1.56. The van der Waals surface area contributed by atoms with Crippen molar-refractivity contribution >= 4 is 11.7 Å². The molecule has 2 heterocycles. The third-order valence-electron chi connectivity index (χ3n) is 3.40. The molecule has 1 saturated heterocycles. The molecule has 112 valence electrons. The van der Waals surface area contributed by atoms with Gasteiger partial charge in [-0.1, -0.05) is 0 Å². The minimum Gasteiger partial charge on any atom is -0.378 e. The molecule has 20 heavy (non-hydrogen) atoms. The summed E-state index contributed by atoms with van der Waals surface area (Å²) in [7, 11) is 0. The first-order valence-corrected chi connectivity index (χ1v) is 7.32. The van der Waals surface area contributed by atoms with Gasteiger partial charge in [0.2, 0.25) is 5.91 Å². The van der Waals surface area contributed by atoms with Crippen molar-refractivity contribution in [3.63, 3.8) is 0 Å². The number of hydrogen-bond acceptors (Lipinski definition) is 4. The van der Waals surface area contributed by atoms with Gasteiger partial charge in [-0.3, -0.25) is 4.79 Å². The average molecular weight is 280 g/mol. The monoisotopic (exact) mass is 280 g/mol. The van der Waals surface area contributed by atoms with E-state index in [0.717, 1.165) is 31.7 Å². The number of rotatable bonds is 6. The van der Waals surface area contributed by atoms with E-state index in [1.54, 1.807) is 10.9 Å². The van der Waals surface area contributed by atoms with Crippen LogP contribution < -0.4 is 10.6 Å². The van der Waals surface area contributed by atoms with E-state index in [1.165, 1.54) is 0 Å². The van der Waals surface area contributed by atoms with Crippen molar-refractivity contribution in [3.05, 3.63) is 12.3 Å². The first kappa shape index (κ1) is 15.0. The fraction of sp³-hybridized carbons (Fsp3) is 0.714. The van der Waals surface area contributed by atoms with Crippen molar-refractivity contribution in [1.29, 1.82) is 0 Å². The molecule has 1 aromatic heterocycles. The molecule has 2 rings (SSSR count). The standard InChI is InChI=1S/C14H24N4O2/c1-11(2)18-13(5-9-16-18)17-14(19)6-10-20-12-3-7-15-8-4-12/h5,9,11-12,15H,3-4,6-8,10H2,1-2H3,(H,17,19). The fourth-order valence-corrected chi connectivity index (χ4v) is 2.31. The van der Waals surface area contributed by atoms with Crippen LogP contribution in [0.1, 0.15) is 39.2 Å². The van der Waals surface area contributed by atoms with Crippen molar-refractivity contribution in [2.45, 2.75) is 45.3 Å². The van der Waals surface area contributed by atoms with Crippen LogP contribution in [0.3, 0.4) is 0 Å². The Kier molecular flexibility index (Phi) is 5.55. The maximum absolute atomic E-state index is 11.9. The smallest absolute Gasteiger partial charge is 0.227 e. The van der Waals surface area contributed by atoms with Crippen molar-refractivity contribution in [1.82, 2.24) is 15.1 Å². The van der Waals surface area contributed by atoms with E-state index in [4.69, 9.17) is 4.74 Å². The van der Waals surface area contributed by atoms with E-state index < -0.39 is 0 Å². The highest BCUT2D eigenvalue weighted by molar-refractivity contribution is 5.89. The Morgan fingerprint density at radius 3 is 3.00 bits per heavy atom. The second-order valence-electron chi connectivity index (χ2n) is 5.37. The lowest BCUT2D eigenvalue weighted by Gasteiger charge is -2.22. The molecule has 1 fully saturated rings. The molecule has 1 aromatic rings. The number of ether oxygens (including phenoxy) is 1. The van der Waals surface area contributed by atoms with Crippen LogP contribution in [0.5, 0.6) is 0 Å². The lowest BCUT2D eigenvalue weighted by molar-refractivity contribution is -0.117. The lowest BCUT2D eigenvalue weighted by Crippen LogP contribution is -2.33. The van der Waals surface area contributed by atoms with Gasteiger partial charge in [-0.05, 0) is 39.8 Å². The first-order valence-electron chi connectivity index (χ1n) is 7.32. The summed E-state index contributed by atoms with van der Waals surface area (Å²) in [5.74, 6) is 0.716. The minimum absolute atomic E-state index is 0.0265. The van der Waals surface area contributed by atoms with E-state index in [2.05, 4.69) is 15.7 Å². The highest BCUT2D eigenvalue weighted by atomic mass is 16.5. The third-order valence-corrected chi connectivity index (χ3v) is 3.40. The quantitative estimate of drug-likeness (QED) is 0.830. The van der Waals surface area contributed by atoms with Crippen molar-refractivity contribution < 1.29 is 9.53 Å². The van der Waals surface area contributed by atoms with Gasteiger partial charge in [0, 0.05) is 12.1 Å². The zero-order chi connectivity index (χ0) is 14.4. The molecule has 1 aliphatic heterocycles. The molecule has 1 aliphatic rings. The Bertz CT molecular complexity index is 425. The number of amides is 1. The summed E-state index contributed by atoms with van der Waals surface area (Å²) < 4.78 is 7.52. The molecule has 0 atom stereocenters. The van der Waals surface area contributed by atoms with Crippen molar-refractivity contribution in [3.8, 4) is 0 Å². The van der Waals surface area contributed by atoms with E-state index in [-0.39, 0.29) is 11.9 Å². The molecular weight excluding hydrogens is 256 g/mol. The highest BCUT2D eigenvalue weighted by Crippen LogP contribution is 2.13. The molecule has 0 aliphatic carbocycles. The zero-order valence-electron chi connectivity index (χ0n) is 12.3. The second kappa shape index (κ2) is 7.40. The number of nitrogens with zero attached hydrogens (tertiary/aromatic N) is 2. The molecular formula is C14H24N4O2. The van der Waals surface area contributed by atoms with Crippen LogP contribution >= 0.6 is 0 Å². The summed E-state index contributed by atoms with van der Waals surface area (Å²) >= 11 is 0. The topological polar surface area (TPSA) is 68.2 Å². The maximum Gasteiger partial charge on any atom is 0.227 e. The van der Waals surface area contributed by atoms with E-state index in [9.17, 15) is 4.79 Å². The Hall–Kier alpha value is -1.40. The van der Waals surface area contributed by atoms with Gasteiger partial charge >= 0.3 is 0 Å². The van der Waals surface area contributed by atoms with Gasteiger partial charge in [-0.2, -0.15) is 5.10 Å². The van der Waals surface area contributed by atoms with Crippen LogP contribution in [-0.4, -0.2) is 41.5 Å². The van der Waals surface area contributed by atoms with Crippen LogP contribution in [0.25, 0.3) is 0 Å². The molecule has 0 saturated carbocycles. The van der Waals surface area contributed by atoms with Crippen molar-refractivity contribution in [2.24, 2.45) is 0 Å². The van der Waals surface area contributed by atoms with Crippen molar-refractivity contribution in [2.75, 3.05) is 25.0 Å². The number of aromatic nitrogens is 2. The highest BCUT2D eigenvalue weighted by Gasteiger charge is 2.14. The number of nitrogens with one attached hydrogen (secondary N) is 2. The minimum atomic E-state index is -0.0265. The Morgan fingerprint density at radius 1 is 1.55 bits per heavy atom. The summed E-state index contributed by atoms with van der Waals surface area (Å²) in [6, 6.07) is 2.04. The largest absolute Gasteiger partial charge is 0.378 e. The van der Waals surface area contributed by atoms with Crippen LogP contribution in [0.15, 0.2) is 12.3 Å². The molecule has 0 bridgehead atoms. The van der Waals surface area contributed by atoms with Gasteiger partial charge in [0.25, 0.3) is 0 Å². The zero-order valence-corrected chi connectivity index (χ0v) is 12.3. The first-order chi connectivity index (χ1) is 9.66. The van der Waals surface area contributed by atoms with Gasteiger partial charge in [0.1, 0.15) is 5.82 Å². The predicted molar refractivity (Wildman–Crippen MR) is 77.7 cm³/mol. The second-order valence-corrected chi connectivity index (χ2v) is 5.37. The number of carbonyl (C=O) groups excluding carboxylic acids is 1.